The molecule has 5 heteroatoms. The highest BCUT2D eigenvalue weighted by atomic mass is 28.4. The Kier molecular flexibility index (Phi) is 5.01. The number of rotatable bonds is 6. The summed E-state index contributed by atoms with van der Waals surface area (Å²) in [7, 11) is -3.49. The van der Waals surface area contributed by atoms with Crippen LogP contribution in [-0.2, 0) is 14.0 Å². The van der Waals surface area contributed by atoms with Crippen molar-refractivity contribution in [3.63, 3.8) is 0 Å². The van der Waals surface area contributed by atoms with Crippen molar-refractivity contribution in [2.24, 2.45) is 0 Å². The Hall–Kier alpha value is -1.18. The van der Waals surface area contributed by atoms with Gasteiger partial charge < -0.3 is 9.16 Å². The Morgan fingerprint density at radius 3 is 2.21 bits per heavy atom. The van der Waals surface area contributed by atoms with Crippen molar-refractivity contribution in [2.75, 3.05) is 0 Å². The number of esters is 1. The first-order valence-electron chi connectivity index (χ1n) is 8.55. The molecule has 2 rings (SSSR count). The lowest BCUT2D eigenvalue weighted by Gasteiger charge is -2.31. The molecule has 132 valence electrons. The maximum Gasteiger partial charge on any atom is 0.303 e. The van der Waals surface area contributed by atoms with Crippen LogP contribution in [-0.4, -0.2) is 33.6 Å². The maximum atomic E-state index is 11.5. The summed E-state index contributed by atoms with van der Waals surface area (Å²) in [5.74, 6) is -0.247. The molecule has 1 aromatic carbocycles. The van der Waals surface area contributed by atoms with Crippen molar-refractivity contribution >= 4 is 27.5 Å². The molecule has 0 amide bonds. The summed E-state index contributed by atoms with van der Waals surface area (Å²) in [5.41, 5.74) is 1.25. The summed E-state index contributed by atoms with van der Waals surface area (Å²) >= 11 is 0. The molecule has 24 heavy (non-hydrogen) atoms. The highest BCUT2D eigenvalue weighted by Crippen LogP contribution is 2.56. The second kappa shape index (κ2) is 6.28. The predicted octanol–water partition coefficient (Wildman–Crippen LogP) is 4.01. The zero-order valence-electron chi connectivity index (χ0n) is 16.0. The molecule has 0 aliphatic heterocycles. The molecule has 0 bridgehead atoms. The van der Waals surface area contributed by atoms with Gasteiger partial charge in [0, 0.05) is 13.3 Å². The number of ether oxygens (including phenoxy) is 1. The largest absolute Gasteiger partial charge is 0.456 e. The predicted molar refractivity (Wildman–Crippen MR) is 105 cm³/mol. The van der Waals surface area contributed by atoms with Crippen LogP contribution in [0.25, 0.3) is 0 Å². The smallest absolute Gasteiger partial charge is 0.303 e. The van der Waals surface area contributed by atoms with Crippen LogP contribution in [0.3, 0.4) is 0 Å². The van der Waals surface area contributed by atoms with E-state index in [0.717, 1.165) is 6.42 Å². The molecule has 2 atom stereocenters. The van der Waals surface area contributed by atoms with Crippen molar-refractivity contribution in [1.29, 1.82) is 0 Å². The van der Waals surface area contributed by atoms with Crippen LogP contribution < -0.4 is 5.19 Å². The third kappa shape index (κ3) is 4.26. The number of hydrogen-bond acceptors (Lipinski definition) is 3. The van der Waals surface area contributed by atoms with Gasteiger partial charge >= 0.3 is 5.97 Å². The molecule has 1 aromatic rings. The SMILES string of the molecule is CC(=O)OC1(C)C[C@@]1(/C=C\[Si](C)(C)C)O[Si](C)(C)c1ccccc1. The molecule has 0 heterocycles. The van der Waals surface area contributed by atoms with E-state index in [1.165, 1.54) is 12.1 Å². The lowest BCUT2D eigenvalue weighted by molar-refractivity contribution is -0.150. The van der Waals surface area contributed by atoms with Crippen LogP contribution in [0, 0.1) is 0 Å². The summed E-state index contributed by atoms with van der Waals surface area (Å²) < 4.78 is 12.4. The van der Waals surface area contributed by atoms with Crippen LogP contribution in [0.15, 0.2) is 42.1 Å². The molecule has 1 aliphatic carbocycles. The summed E-state index contributed by atoms with van der Waals surface area (Å²) in [5, 5.41) is 1.25. The van der Waals surface area contributed by atoms with E-state index in [9.17, 15) is 4.79 Å². The fourth-order valence-electron chi connectivity index (χ4n) is 3.05. The summed E-state index contributed by atoms with van der Waals surface area (Å²) in [6.45, 7) is 14.8. The van der Waals surface area contributed by atoms with E-state index >= 15 is 0 Å². The third-order valence-electron chi connectivity index (χ3n) is 4.50. The quantitative estimate of drug-likeness (QED) is 0.566. The molecule has 1 fully saturated rings. The van der Waals surface area contributed by atoms with E-state index in [2.05, 4.69) is 68.8 Å². The average molecular weight is 363 g/mol. The highest BCUT2D eigenvalue weighted by Gasteiger charge is 2.69. The normalized spacial score (nSPS) is 27.3. The van der Waals surface area contributed by atoms with Crippen molar-refractivity contribution in [2.45, 2.75) is 64.2 Å². The lowest BCUT2D eigenvalue weighted by atomic mass is 10.2. The van der Waals surface area contributed by atoms with Crippen molar-refractivity contribution in [3.05, 3.63) is 42.1 Å². The van der Waals surface area contributed by atoms with Crippen molar-refractivity contribution in [1.82, 2.24) is 0 Å². The third-order valence-corrected chi connectivity index (χ3v) is 8.26. The minimum atomic E-state index is -2.12. The molecule has 3 nitrogen and oxygen atoms in total. The summed E-state index contributed by atoms with van der Waals surface area (Å²) in [6.07, 6.45) is 2.91. The second-order valence-corrected chi connectivity index (χ2v) is 17.4. The molecule has 0 radical (unpaired) electrons. The van der Waals surface area contributed by atoms with Crippen LogP contribution >= 0.6 is 0 Å². The van der Waals surface area contributed by atoms with E-state index < -0.39 is 27.6 Å². The van der Waals surface area contributed by atoms with Crippen LogP contribution in [0.5, 0.6) is 0 Å². The Morgan fingerprint density at radius 1 is 1.12 bits per heavy atom. The molecule has 0 aromatic heterocycles. The van der Waals surface area contributed by atoms with Gasteiger partial charge in [0.2, 0.25) is 8.32 Å². The fraction of sp³-hybridized carbons (Fsp3) is 0.526. The molecular weight excluding hydrogens is 332 g/mol. The molecular formula is C19H30O3Si2. The minimum Gasteiger partial charge on any atom is -0.456 e. The van der Waals surface area contributed by atoms with Gasteiger partial charge in [-0.2, -0.15) is 0 Å². The summed E-state index contributed by atoms with van der Waals surface area (Å²) in [4.78, 5) is 11.5. The number of benzene rings is 1. The lowest BCUT2D eigenvalue weighted by Crippen LogP contribution is -2.50. The van der Waals surface area contributed by atoms with E-state index in [-0.39, 0.29) is 5.97 Å². The van der Waals surface area contributed by atoms with Gasteiger partial charge in [-0.05, 0) is 25.2 Å². The fourth-order valence-corrected chi connectivity index (χ4v) is 6.20. The second-order valence-electron chi connectivity index (χ2n) is 8.57. The molecule has 0 saturated heterocycles. The number of hydrogen-bond donors (Lipinski definition) is 0. The van der Waals surface area contributed by atoms with Crippen LogP contribution in [0.1, 0.15) is 20.3 Å². The van der Waals surface area contributed by atoms with Gasteiger partial charge in [0.25, 0.3) is 0 Å². The van der Waals surface area contributed by atoms with Gasteiger partial charge in [-0.3, -0.25) is 4.79 Å². The van der Waals surface area contributed by atoms with Gasteiger partial charge in [-0.25, -0.2) is 0 Å². The topological polar surface area (TPSA) is 35.5 Å². The van der Waals surface area contributed by atoms with E-state index in [4.69, 9.17) is 9.16 Å². The number of carbonyl (C=O) groups excluding carboxylic acids is 1. The highest BCUT2D eigenvalue weighted by molar-refractivity contribution is 6.84. The molecule has 1 unspecified atom stereocenters. The first-order chi connectivity index (χ1) is 10.9. The average Bonchev–Trinajstić information content (AvgIpc) is 2.99. The zero-order chi connectivity index (χ0) is 18.2. The summed E-state index contributed by atoms with van der Waals surface area (Å²) in [6, 6.07) is 10.4. The van der Waals surface area contributed by atoms with Crippen molar-refractivity contribution < 1.29 is 14.0 Å². The van der Waals surface area contributed by atoms with Gasteiger partial charge in [0.05, 0.1) is 8.07 Å². The minimum absolute atomic E-state index is 0.247. The zero-order valence-corrected chi connectivity index (χ0v) is 18.0. The van der Waals surface area contributed by atoms with Crippen molar-refractivity contribution in [3.8, 4) is 0 Å². The molecule has 0 N–H and O–H groups in total. The maximum absolute atomic E-state index is 11.5. The standard InChI is InChI=1S/C19H30O3Si2/c1-16(20)21-18(2)15-19(18,13-14-23(3,4)5)22-24(6,7)17-11-9-8-10-12-17/h8-14H,15H2,1-7H3/b14-13-/t18?,19-/m1/s1. The van der Waals surface area contributed by atoms with Gasteiger partial charge in [0.15, 0.2) is 0 Å². The van der Waals surface area contributed by atoms with E-state index in [0.29, 0.717) is 0 Å². The van der Waals surface area contributed by atoms with Gasteiger partial charge in [0.1, 0.15) is 11.2 Å². The first-order valence-corrected chi connectivity index (χ1v) is 15.0. The Morgan fingerprint density at radius 2 is 1.71 bits per heavy atom. The van der Waals surface area contributed by atoms with Gasteiger partial charge in [-0.1, -0.05) is 61.7 Å². The Balaban J connectivity index is 2.32. The molecule has 1 aliphatic rings. The van der Waals surface area contributed by atoms with Crippen LogP contribution in [0.2, 0.25) is 32.7 Å². The monoisotopic (exact) mass is 362 g/mol. The van der Waals surface area contributed by atoms with E-state index in [1.54, 1.807) is 0 Å². The number of carbonyl (C=O) groups is 1. The Labute approximate surface area is 148 Å². The van der Waals surface area contributed by atoms with E-state index in [1.807, 2.05) is 13.0 Å². The van der Waals surface area contributed by atoms with Crippen LogP contribution in [0.4, 0.5) is 0 Å². The molecule has 1 saturated carbocycles. The first kappa shape index (κ1) is 19.2. The van der Waals surface area contributed by atoms with Gasteiger partial charge in [-0.15, -0.1) is 0 Å². The molecule has 0 spiro atoms. The Bertz CT molecular complexity index is 634.